The van der Waals surface area contributed by atoms with Gasteiger partial charge >= 0.3 is 51.4 Å². The Labute approximate surface area is 129 Å². The third-order valence-electron chi connectivity index (χ3n) is 0. The van der Waals surface area contributed by atoms with Crippen LogP contribution in [0, 0.1) is 0 Å². The molecule has 0 aliphatic carbocycles. The second kappa shape index (κ2) is 12.0. The van der Waals surface area contributed by atoms with Gasteiger partial charge in [0.2, 0.25) is 0 Å². The van der Waals surface area contributed by atoms with Crippen molar-refractivity contribution in [1.29, 1.82) is 0 Å². The van der Waals surface area contributed by atoms with E-state index in [2.05, 4.69) is 0 Å². The number of hydrogen-bond donors (Lipinski definition) is 0. The van der Waals surface area contributed by atoms with Crippen molar-refractivity contribution in [3.8, 4) is 0 Å². The van der Waals surface area contributed by atoms with Gasteiger partial charge in [-0.15, -0.1) is 0 Å². The van der Waals surface area contributed by atoms with Gasteiger partial charge in [0, 0.05) is 39.4 Å². The van der Waals surface area contributed by atoms with Crippen LogP contribution in [-0.2, 0) is 44.8 Å². The first-order chi connectivity index (χ1) is 4.00. The first-order valence-corrected chi connectivity index (χ1v) is 4.00. The molecule has 0 N–H and O–H groups in total. The molecule has 0 aliphatic rings. The van der Waals surface area contributed by atoms with E-state index in [4.69, 9.17) is 35.0 Å². The molecule has 0 spiro atoms. The van der Waals surface area contributed by atoms with Gasteiger partial charge in [-0.3, -0.25) is 16.8 Å². The normalized spacial score (nSPS) is 8.92. The first kappa shape index (κ1) is 29.4. The fraction of sp³-hybridized carbons (Fsp3) is 0. The van der Waals surface area contributed by atoms with Gasteiger partial charge < -0.3 is 23.7 Å². The molecule has 0 saturated carbocycles. The van der Waals surface area contributed by atoms with E-state index in [0.29, 0.717) is 0 Å². The van der Waals surface area contributed by atoms with Crippen LogP contribution < -0.4 is 51.4 Å². The monoisotopic (exact) mass is 298 g/mol. The zero-order valence-electron chi connectivity index (χ0n) is 5.94. The smallest absolute Gasteiger partial charge is 1.00 e. The fourth-order valence-electron chi connectivity index (χ4n) is 0. The third kappa shape index (κ3) is 536. The fourth-order valence-corrected chi connectivity index (χ4v) is 0. The summed E-state index contributed by atoms with van der Waals surface area (Å²) in [4.78, 5) is 0. The zero-order valence-corrected chi connectivity index (χ0v) is 12.1. The maximum absolute atomic E-state index is 8.52. The van der Waals surface area contributed by atoms with Crippen LogP contribution in [0.4, 0.5) is 0 Å². The van der Waals surface area contributed by atoms with Crippen LogP contribution in [0.15, 0.2) is 0 Å². The summed E-state index contributed by atoms with van der Waals surface area (Å²) < 4.78 is 68.2. The Balaban J connectivity index is -0.0000000267. The largest absolute Gasteiger partial charge is 2.00 e. The standard InChI is InChI=1S/K.2H2O4S.O.V/c;2*1-5(2,3)4;;/h;2*(H2,1,2,3,4);;/q+1;;;-2;/p-4. The number of rotatable bonds is 0. The molecule has 13 heteroatoms. The summed E-state index contributed by atoms with van der Waals surface area (Å²) in [7, 11) is -10.3. The average Bonchev–Trinajstić information content (AvgIpc) is 1.12. The third-order valence-corrected chi connectivity index (χ3v) is 0. The summed E-state index contributed by atoms with van der Waals surface area (Å²) >= 11 is 0. The van der Waals surface area contributed by atoms with Crippen LogP contribution in [0.3, 0.4) is 0 Å². The van der Waals surface area contributed by atoms with Crippen LogP contribution in [0.1, 0.15) is 0 Å². The van der Waals surface area contributed by atoms with Gasteiger partial charge in [0.15, 0.2) is 0 Å². The zero-order chi connectivity index (χ0) is 9.00. The van der Waals surface area contributed by atoms with E-state index in [0.717, 1.165) is 0 Å². The molecule has 9 nitrogen and oxygen atoms in total. The molecule has 0 rings (SSSR count). The van der Waals surface area contributed by atoms with Gasteiger partial charge in [0.25, 0.3) is 0 Å². The second-order valence-electron chi connectivity index (χ2n) is 0.816. The molecular weight excluding hydrogens is 298 g/mol. The molecule has 0 fully saturated rings. The maximum atomic E-state index is 8.52. The number of hydrogen-bond acceptors (Lipinski definition) is 8. The molecule has 1 radical (unpaired) electrons. The van der Waals surface area contributed by atoms with Crippen molar-refractivity contribution in [2.45, 2.75) is 0 Å². The molecule has 13 heavy (non-hydrogen) atoms. The van der Waals surface area contributed by atoms with Crippen molar-refractivity contribution in [2.75, 3.05) is 0 Å². The average molecular weight is 298 g/mol. The molecule has 0 aromatic rings. The quantitative estimate of drug-likeness (QED) is 0.240. The minimum Gasteiger partial charge on any atom is -2.00 e. The second-order valence-corrected chi connectivity index (χ2v) is 2.45. The van der Waals surface area contributed by atoms with E-state index in [9.17, 15) is 0 Å². The molecule has 0 saturated heterocycles. The molecule has 0 aromatic heterocycles. The molecule has 0 atom stereocenters. The van der Waals surface area contributed by atoms with Crippen LogP contribution in [0.2, 0.25) is 0 Å². The molecule has 0 amide bonds. The predicted octanol–water partition coefficient (Wildman–Crippen LogP) is -5.79. The van der Waals surface area contributed by atoms with E-state index in [1.807, 2.05) is 0 Å². The molecule has 77 valence electrons. The predicted molar refractivity (Wildman–Crippen MR) is 21.6 cm³/mol. The van der Waals surface area contributed by atoms with Gasteiger partial charge in [-0.2, -0.15) is 0 Å². The Morgan fingerprint density at radius 2 is 0.692 bits per heavy atom. The van der Waals surface area contributed by atoms with E-state index < -0.39 is 20.8 Å². The Bertz CT molecular complexity index is 214. The summed E-state index contributed by atoms with van der Waals surface area (Å²) in [5, 5.41) is 0. The van der Waals surface area contributed by atoms with Crippen molar-refractivity contribution in [3.63, 3.8) is 0 Å². The summed E-state index contributed by atoms with van der Waals surface area (Å²) in [5.74, 6) is 0. The van der Waals surface area contributed by atoms with Crippen molar-refractivity contribution in [3.05, 3.63) is 0 Å². The van der Waals surface area contributed by atoms with Gasteiger partial charge in [0.05, 0.1) is 0 Å². The minimum atomic E-state index is -5.17. The first-order valence-electron chi connectivity index (χ1n) is 1.33. The Morgan fingerprint density at radius 1 is 0.692 bits per heavy atom. The Kier molecular flexibility index (Phi) is 27.1. The van der Waals surface area contributed by atoms with Crippen molar-refractivity contribution in [1.82, 2.24) is 0 Å². The molecular formula is KO9S2V-5. The summed E-state index contributed by atoms with van der Waals surface area (Å²) in [6, 6.07) is 0. The Hall–Kier alpha value is 1.92. The maximum Gasteiger partial charge on any atom is 1.00 e. The SMILES string of the molecule is O=S(=O)([O-])[O-].O=S(=O)([O-])[O-].[K+].[O-2].[V]. The molecule has 0 heterocycles. The van der Waals surface area contributed by atoms with Crippen molar-refractivity contribution < 1.29 is 110 Å². The van der Waals surface area contributed by atoms with Crippen molar-refractivity contribution in [2.24, 2.45) is 0 Å². The van der Waals surface area contributed by atoms with E-state index in [1.54, 1.807) is 0 Å². The molecule has 0 aromatic carbocycles. The topological polar surface area (TPSA) is 189 Å². The van der Waals surface area contributed by atoms with Crippen LogP contribution in [-0.4, -0.2) is 35.0 Å². The van der Waals surface area contributed by atoms with Crippen molar-refractivity contribution >= 4 is 20.8 Å². The summed E-state index contributed by atoms with van der Waals surface area (Å²) in [5.41, 5.74) is 0. The van der Waals surface area contributed by atoms with Gasteiger partial charge in [-0.1, -0.05) is 0 Å². The molecule has 0 aliphatic heterocycles. The molecule has 0 unspecified atom stereocenters. The van der Waals surface area contributed by atoms with Gasteiger partial charge in [-0.05, 0) is 0 Å². The van der Waals surface area contributed by atoms with Crippen LogP contribution in [0.25, 0.3) is 0 Å². The van der Waals surface area contributed by atoms with Crippen LogP contribution >= 0.6 is 0 Å². The van der Waals surface area contributed by atoms with Gasteiger partial charge in [-0.25, -0.2) is 0 Å². The Morgan fingerprint density at radius 3 is 0.692 bits per heavy atom. The van der Waals surface area contributed by atoms with E-state index >= 15 is 0 Å². The summed E-state index contributed by atoms with van der Waals surface area (Å²) in [6.45, 7) is 0. The van der Waals surface area contributed by atoms with Crippen LogP contribution in [0.5, 0.6) is 0 Å². The summed E-state index contributed by atoms with van der Waals surface area (Å²) in [6.07, 6.45) is 0. The van der Waals surface area contributed by atoms with E-state index in [-0.39, 0.29) is 75.4 Å². The van der Waals surface area contributed by atoms with E-state index in [1.165, 1.54) is 0 Å². The van der Waals surface area contributed by atoms with Gasteiger partial charge in [0.1, 0.15) is 0 Å². The molecule has 0 bridgehead atoms. The minimum absolute atomic E-state index is 0.